The molecule has 0 radical (unpaired) electrons. The van der Waals surface area contributed by atoms with Crippen LogP contribution >= 0.6 is 35.0 Å². The minimum absolute atomic E-state index is 0.146. The summed E-state index contributed by atoms with van der Waals surface area (Å²) in [4.78, 5) is 17.5. The second-order valence-corrected chi connectivity index (χ2v) is 9.74. The first-order valence-corrected chi connectivity index (χ1v) is 13.0. The van der Waals surface area contributed by atoms with E-state index in [0.29, 0.717) is 27.4 Å². The Morgan fingerprint density at radius 3 is 2.56 bits per heavy atom. The maximum absolute atomic E-state index is 12.6. The number of hydrogen-bond donors (Lipinski definition) is 1. The largest absolute Gasteiger partial charge is 0.324 e. The molecule has 9 heteroatoms. The number of carbonyl (C=O) groups excluding carboxylic acids is 1. The van der Waals surface area contributed by atoms with Gasteiger partial charge in [0.25, 0.3) is 0 Å². The van der Waals surface area contributed by atoms with Gasteiger partial charge >= 0.3 is 0 Å². The number of hydrogen-bond acceptors (Lipinski definition) is 5. The first kappa shape index (κ1) is 24.3. The number of nitrogens with one attached hydrogen (secondary N) is 1. The molecule has 0 spiro atoms. The normalized spacial score (nSPS) is 11.1. The molecule has 5 aromatic rings. The lowest BCUT2D eigenvalue weighted by Gasteiger charge is -2.12. The van der Waals surface area contributed by atoms with E-state index < -0.39 is 0 Å². The van der Waals surface area contributed by atoms with Crippen LogP contribution in [0.25, 0.3) is 33.5 Å². The number of nitrogens with zero attached hydrogens (tertiary/aromatic N) is 4. The van der Waals surface area contributed by atoms with Crippen LogP contribution < -0.4 is 5.32 Å². The highest BCUT2D eigenvalue weighted by molar-refractivity contribution is 7.99. The average Bonchev–Trinajstić information content (AvgIpc) is 3.32. The van der Waals surface area contributed by atoms with Gasteiger partial charge in [0, 0.05) is 28.1 Å². The third-order valence-electron chi connectivity index (χ3n) is 5.59. The van der Waals surface area contributed by atoms with Crippen LogP contribution in [0.5, 0.6) is 0 Å². The quantitative estimate of drug-likeness (QED) is 0.223. The van der Waals surface area contributed by atoms with Gasteiger partial charge in [0.2, 0.25) is 5.91 Å². The van der Waals surface area contributed by atoms with Crippen molar-refractivity contribution in [2.75, 3.05) is 11.1 Å². The van der Waals surface area contributed by atoms with Gasteiger partial charge in [-0.1, -0.05) is 83.5 Å². The molecule has 0 bridgehead atoms. The fourth-order valence-electron chi connectivity index (χ4n) is 3.91. The molecule has 0 atom stereocenters. The molecule has 36 heavy (non-hydrogen) atoms. The van der Waals surface area contributed by atoms with Crippen molar-refractivity contribution >= 4 is 57.5 Å². The fraction of sp³-hybridized carbons (Fsp3) is 0.111. The molecule has 1 N–H and O–H groups in total. The first-order chi connectivity index (χ1) is 17.5. The number of benzene rings is 3. The van der Waals surface area contributed by atoms with Gasteiger partial charge in [-0.3, -0.25) is 4.79 Å². The summed E-state index contributed by atoms with van der Waals surface area (Å²) in [6.45, 7) is 2.67. The Morgan fingerprint density at radius 1 is 0.972 bits per heavy atom. The molecule has 0 aliphatic rings. The van der Waals surface area contributed by atoms with Crippen LogP contribution in [0.15, 0.2) is 84.0 Å². The molecular weight excluding hydrogens is 513 g/mol. The van der Waals surface area contributed by atoms with Crippen molar-refractivity contribution in [1.29, 1.82) is 0 Å². The zero-order chi connectivity index (χ0) is 25.1. The van der Waals surface area contributed by atoms with Crippen molar-refractivity contribution < 1.29 is 4.79 Å². The number of rotatable bonds is 7. The summed E-state index contributed by atoms with van der Waals surface area (Å²) in [5, 5.41) is 14.3. The first-order valence-electron chi connectivity index (χ1n) is 11.3. The van der Waals surface area contributed by atoms with E-state index in [1.165, 1.54) is 11.8 Å². The Morgan fingerprint density at radius 2 is 1.75 bits per heavy atom. The van der Waals surface area contributed by atoms with Crippen LogP contribution in [-0.2, 0) is 11.3 Å². The lowest BCUT2D eigenvalue weighted by molar-refractivity contribution is -0.113. The Balaban J connectivity index is 1.45. The van der Waals surface area contributed by atoms with E-state index in [9.17, 15) is 4.79 Å². The van der Waals surface area contributed by atoms with E-state index in [2.05, 4.69) is 21.6 Å². The van der Waals surface area contributed by atoms with Crippen LogP contribution in [0.2, 0.25) is 10.0 Å². The number of para-hydroxylation sites is 1. The van der Waals surface area contributed by atoms with Gasteiger partial charge in [0.1, 0.15) is 0 Å². The van der Waals surface area contributed by atoms with Crippen molar-refractivity contribution in [3.8, 4) is 22.6 Å². The molecule has 2 heterocycles. The molecule has 0 aliphatic carbocycles. The molecule has 0 unspecified atom stereocenters. The highest BCUT2D eigenvalue weighted by Gasteiger charge is 2.18. The second kappa shape index (κ2) is 10.7. The van der Waals surface area contributed by atoms with Gasteiger partial charge in [0.05, 0.1) is 27.7 Å². The number of aromatic nitrogens is 4. The summed E-state index contributed by atoms with van der Waals surface area (Å²) in [6, 6.07) is 25.1. The van der Waals surface area contributed by atoms with Gasteiger partial charge in [-0.2, -0.15) is 0 Å². The molecule has 6 nitrogen and oxygen atoms in total. The molecule has 0 saturated heterocycles. The zero-order valence-electron chi connectivity index (χ0n) is 19.3. The highest BCUT2D eigenvalue weighted by atomic mass is 35.5. The van der Waals surface area contributed by atoms with Gasteiger partial charge in [-0.25, -0.2) is 4.98 Å². The predicted molar refractivity (Wildman–Crippen MR) is 148 cm³/mol. The number of anilines is 1. The van der Waals surface area contributed by atoms with E-state index in [4.69, 9.17) is 28.2 Å². The summed E-state index contributed by atoms with van der Waals surface area (Å²) in [7, 11) is 0. The van der Waals surface area contributed by atoms with Gasteiger partial charge in [-0.15, -0.1) is 10.2 Å². The van der Waals surface area contributed by atoms with E-state index in [1.54, 1.807) is 18.2 Å². The number of amides is 1. The van der Waals surface area contributed by atoms with E-state index in [0.717, 1.165) is 33.5 Å². The standard InChI is InChI=1S/C27H21Cl2N5OS/c1-2-34-26(32-33-27(34)36-16-25(35)31-24-14-18(28)12-13-21(24)29)20-15-23(17-8-4-3-5-9-17)30-22-11-7-6-10-19(20)22/h3-15H,2,16H2,1H3,(H,31,35). The summed E-state index contributed by atoms with van der Waals surface area (Å²) >= 11 is 13.5. The Hall–Kier alpha value is -3.39. The van der Waals surface area contributed by atoms with Crippen LogP contribution in [0, 0.1) is 0 Å². The molecule has 0 fully saturated rings. The van der Waals surface area contributed by atoms with Crippen molar-refractivity contribution in [3.63, 3.8) is 0 Å². The number of fused-ring (bicyclic) bond motifs is 1. The monoisotopic (exact) mass is 533 g/mol. The Kier molecular flexibility index (Phi) is 7.23. The highest BCUT2D eigenvalue weighted by Crippen LogP contribution is 2.33. The Labute approximate surface area is 222 Å². The van der Waals surface area contributed by atoms with Gasteiger partial charge < -0.3 is 9.88 Å². The summed E-state index contributed by atoms with van der Waals surface area (Å²) < 4.78 is 2.01. The summed E-state index contributed by atoms with van der Waals surface area (Å²) in [6.07, 6.45) is 0. The minimum Gasteiger partial charge on any atom is -0.324 e. The van der Waals surface area contributed by atoms with Crippen LogP contribution in [0.1, 0.15) is 6.92 Å². The number of thioether (sulfide) groups is 1. The molecule has 1 amide bonds. The van der Waals surface area contributed by atoms with Gasteiger partial charge in [-0.05, 0) is 37.3 Å². The number of carbonyl (C=O) groups is 1. The zero-order valence-corrected chi connectivity index (χ0v) is 21.6. The van der Waals surface area contributed by atoms with Crippen molar-refractivity contribution in [3.05, 3.63) is 88.9 Å². The lowest BCUT2D eigenvalue weighted by Crippen LogP contribution is -2.15. The smallest absolute Gasteiger partial charge is 0.234 e. The molecule has 3 aromatic carbocycles. The SMILES string of the molecule is CCn1c(SCC(=O)Nc2cc(Cl)ccc2Cl)nnc1-c1cc(-c2ccccc2)nc2ccccc12. The van der Waals surface area contributed by atoms with Crippen molar-refractivity contribution in [2.24, 2.45) is 0 Å². The fourth-order valence-corrected chi connectivity index (χ4v) is 5.05. The summed E-state index contributed by atoms with van der Waals surface area (Å²) in [5.74, 6) is 0.666. The molecule has 180 valence electrons. The van der Waals surface area contributed by atoms with Crippen molar-refractivity contribution in [1.82, 2.24) is 19.7 Å². The maximum atomic E-state index is 12.6. The molecule has 0 saturated carbocycles. The Bertz CT molecular complexity index is 1560. The van der Waals surface area contributed by atoms with Gasteiger partial charge in [0.15, 0.2) is 11.0 Å². The third kappa shape index (κ3) is 5.09. The van der Waals surface area contributed by atoms with Crippen LogP contribution in [0.3, 0.4) is 0 Å². The third-order valence-corrected chi connectivity index (χ3v) is 7.13. The minimum atomic E-state index is -0.211. The lowest BCUT2D eigenvalue weighted by atomic mass is 10.0. The van der Waals surface area contributed by atoms with E-state index in [1.807, 2.05) is 66.1 Å². The molecule has 5 rings (SSSR count). The molecule has 2 aromatic heterocycles. The second-order valence-electron chi connectivity index (χ2n) is 7.95. The average molecular weight is 534 g/mol. The van der Waals surface area contributed by atoms with E-state index in [-0.39, 0.29) is 11.7 Å². The topological polar surface area (TPSA) is 72.7 Å². The van der Waals surface area contributed by atoms with E-state index >= 15 is 0 Å². The van der Waals surface area contributed by atoms with Crippen LogP contribution in [-0.4, -0.2) is 31.4 Å². The molecular formula is C27H21Cl2N5OS. The predicted octanol–water partition coefficient (Wildman–Crippen LogP) is 7.22. The maximum Gasteiger partial charge on any atom is 0.234 e. The molecule has 0 aliphatic heterocycles. The summed E-state index contributed by atoms with van der Waals surface area (Å²) in [5.41, 5.74) is 4.19. The van der Waals surface area contributed by atoms with Crippen molar-refractivity contribution in [2.45, 2.75) is 18.6 Å². The number of halogens is 2. The number of pyridine rings is 1. The van der Waals surface area contributed by atoms with Crippen LogP contribution in [0.4, 0.5) is 5.69 Å².